The van der Waals surface area contributed by atoms with Crippen LogP contribution >= 0.6 is 11.6 Å². The average Bonchev–Trinajstić information content (AvgIpc) is 2.84. The number of piperazine rings is 1. The number of nitro groups is 1. The largest absolute Gasteiger partial charge is 0.484 e. The lowest BCUT2D eigenvalue weighted by atomic mass is 10.1. The minimum Gasteiger partial charge on any atom is -0.484 e. The van der Waals surface area contributed by atoms with E-state index in [-0.39, 0.29) is 23.1 Å². The fourth-order valence-electron chi connectivity index (χ4n) is 4.41. The zero-order chi connectivity index (χ0) is 23.4. The highest BCUT2D eigenvalue weighted by Crippen LogP contribution is 2.34. The van der Waals surface area contributed by atoms with Gasteiger partial charge in [-0.25, -0.2) is 0 Å². The van der Waals surface area contributed by atoms with Gasteiger partial charge in [0.05, 0.1) is 4.92 Å². The number of piperidine rings is 1. The van der Waals surface area contributed by atoms with Gasteiger partial charge < -0.3 is 19.4 Å². The Morgan fingerprint density at radius 2 is 1.73 bits per heavy atom. The Bertz CT molecular complexity index is 1020. The number of carbonyl (C=O) groups is 1. The predicted molar refractivity (Wildman–Crippen MR) is 130 cm³/mol. The number of ether oxygens (including phenoxy) is 1. The Morgan fingerprint density at radius 3 is 2.39 bits per heavy atom. The number of carbonyl (C=O) groups excluding carboxylic acids is 1. The predicted octanol–water partition coefficient (Wildman–Crippen LogP) is 4.27. The molecule has 4 rings (SSSR count). The third-order valence-electron chi connectivity index (χ3n) is 6.34. The molecule has 8 nitrogen and oxygen atoms in total. The Hall–Kier alpha value is -3.00. The molecule has 0 radical (unpaired) electrons. The molecular weight excluding hydrogens is 444 g/mol. The number of halogens is 1. The molecule has 0 unspecified atom stereocenters. The molecule has 0 saturated carbocycles. The zero-order valence-corrected chi connectivity index (χ0v) is 19.6. The molecule has 2 fully saturated rings. The van der Waals surface area contributed by atoms with Crippen LogP contribution in [0.4, 0.5) is 17.1 Å². The Morgan fingerprint density at radius 1 is 1.00 bits per heavy atom. The van der Waals surface area contributed by atoms with Gasteiger partial charge in [0.2, 0.25) is 0 Å². The van der Waals surface area contributed by atoms with Crippen molar-refractivity contribution in [2.45, 2.75) is 26.2 Å². The molecule has 2 aromatic rings. The monoisotopic (exact) mass is 472 g/mol. The maximum Gasteiger partial charge on any atom is 0.292 e. The van der Waals surface area contributed by atoms with Crippen LogP contribution in [0.15, 0.2) is 36.4 Å². The van der Waals surface area contributed by atoms with Crippen molar-refractivity contribution in [3.63, 3.8) is 0 Å². The van der Waals surface area contributed by atoms with E-state index in [0.717, 1.165) is 37.2 Å². The topological polar surface area (TPSA) is 79.2 Å². The van der Waals surface area contributed by atoms with Crippen LogP contribution in [0.5, 0.6) is 5.75 Å². The van der Waals surface area contributed by atoms with E-state index in [2.05, 4.69) is 9.80 Å². The summed E-state index contributed by atoms with van der Waals surface area (Å²) in [5.41, 5.74) is 2.72. The first-order chi connectivity index (χ1) is 15.9. The number of rotatable bonds is 6. The minimum absolute atomic E-state index is 0.0162. The van der Waals surface area contributed by atoms with E-state index in [4.69, 9.17) is 16.3 Å². The molecule has 0 bridgehead atoms. The third kappa shape index (κ3) is 5.50. The van der Waals surface area contributed by atoms with E-state index in [1.54, 1.807) is 23.1 Å². The first kappa shape index (κ1) is 23.2. The van der Waals surface area contributed by atoms with Crippen LogP contribution < -0.4 is 14.5 Å². The molecule has 0 atom stereocenters. The smallest absolute Gasteiger partial charge is 0.292 e. The fourth-order valence-corrected chi connectivity index (χ4v) is 4.53. The van der Waals surface area contributed by atoms with E-state index >= 15 is 0 Å². The molecule has 2 heterocycles. The molecule has 176 valence electrons. The molecule has 33 heavy (non-hydrogen) atoms. The van der Waals surface area contributed by atoms with E-state index in [9.17, 15) is 14.9 Å². The highest BCUT2D eigenvalue weighted by molar-refractivity contribution is 6.31. The van der Waals surface area contributed by atoms with Crippen molar-refractivity contribution in [2.24, 2.45) is 0 Å². The number of benzene rings is 2. The molecular formula is C24H29ClN4O4. The van der Waals surface area contributed by atoms with Gasteiger partial charge in [-0.2, -0.15) is 0 Å². The van der Waals surface area contributed by atoms with Gasteiger partial charge in [0.1, 0.15) is 11.4 Å². The van der Waals surface area contributed by atoms with Crippen molar-refractivity contribution in [3.8, 4) is 5.75 Å². The standard InChI is InChI=1S/C24H29ClN4O4/c1-18-15-20(6-7-21(18)25)33-17-24(30)28-13-11-26(12-14-28)19-5-8-22(29(31)32)23(16-19)27-9-3-2-4-10-27/h5-8,15-16H,2-4,9-14,17H2,1H3. The van der Waals surface area contributed by atoms with Crippen LogP contribution in [-0.2, 0) is 4.79 Å². The summed E-state index contributed by atoms with van der Waals surface area (Å²) in [6.45, 7) is 6.07. The molecule has 9 heteroatoms. The normalized spacial score (nSPS) is 16.6. The first-order valence-corrected chi connectivity index (χ1v) is 11.8. The number of hydrogen-bond donors (Lipinski definition) is 0. The average molecular weight is 473 g/mol. The van der Waals surface area contributed by atoms with E-state index < -0.39 is 0 Å². The van der Waals surface area contributed by atoms with Crippen molar-refractivity contribution >= 4 is 34.6 Å². The second kappa shape index (κ2) is 10.3. The third-order valence-corrected chi connectivity index (χ3v) is 6.77. The summed E-state index contributed by atoms with van der Waals surface area (Å²) in [6, 6.07) is 10.7. The van der Waals surface area contributed by atoms with E-state index in [1.165, 1.54) is 6.42 Å². The quantitative estimate of drug-likeness (QED) is 0.461. The number of hydrogen-bond acceptors (Lipinski definition) is 6. The number of aryl methyl sites for hydroxylation is 1. The molecule has 2 saturated heterocycles. The summed E-state index contributed by atoms with van der Waals surface area (Å²) >= 11 is 6.04. The van der Waals surface area contributed by atoms with Crippen LogP contribution in [0.3, 0.4) is 0 Å². The summed E-state index contributed by atoms with van der Waals surface area (Å²) in [4.78, 5) is 30.0. The maximum atomic E-state index is 12.6. The second-order valence-corrected chi connectivity index (χ2v) is 8.95. The maximum absolute atomic E-state index is 12.6. The molecule has 0 spiro atoms. The van der Waals surface area contributed by atoms with Gasteiger partial charge >= 0.3 is 0 Å². The molecule has 0 aromatic heterocycles. The Labute approximate surface area is 198 Å². The molecule has 0 aliphatic carbocycles. The van der Waals surface area contributed by atoms with Gasteiger partial charge in [-0.3, -0.25) is 14.9 Å². The summed E-state index contributed by atoms with van der Waals surface area (Å²) < 4.78 is 5.65. The van der Waals surface area contributed by atoms with Crippen LogP contribution in [0.2, 0.25) is 5.02 Å². The highest BCUT2D eigenvalue weighted by Gasteiger charge is 2.25. The molecule has 1 amide bonds. The number of nitrogens with zero attached hydrogens (tertiary/aromatic N) is 4. The van der Waals surface area contributed by atoms with Gasteiger partial charge in [0.25, 0.3) is 11.6 Å². The number of nitro benzene ring substituents is 1. The summed E-state index contributed by atoms with van der Waals surface area (Å²) in [7, 11) is 0. The van der Waals surface area contributed by atoms with Gasteiger partial charge in [-0.05, 0) is 62.1 Å². The zero-order valence-electron chi connectivity index (χ0n) is 18.8. The van der Waals surface area contributed by atoms with Crippen molar-refractivity contribution in [1.29, 1.82) is 0 Å². The van der Waals surface area contributed by atoms with Gasteiger partial charge in [0.15, 0.2) is 6.61 Å². The Balaban J connectivity index is 1.36. The lowest BCUT2D eigenvalue weighted by Gasteiger charge is -2.36. The van der Waals surface area contributed by atoms with Crippen LogP contribution in [0.25, 0.3) is 0 Å². The molecule has 2 aromatic carbocycles. The van der Waals surface area contributed by atoms with Crippen molar-refractivity contribution in [1.82, 2.24) is 4.90 Å². The first-order valence-electron chi connectivity index (χ1n) is 11.4. The highest BCUT2D eigenvalue weighted by atomic mass is 35.5. The second-order valence-electron chi connectivity index (χ2n) is 8.55. The van der Waals surface area contributed by atoms with E-state index in [0.29, 0.717) is 42.6 Å². The van der Waals surface area contributed by atoms with Crippen LogP contribution in [-0.4, -0.2) is 61.6 Å². The summed E-state index contributed by atoms with van der Waals surface area (Å²) in [5, 5.41) is 12.2. The number of anilines is 2. The SMILES string of the molecule is Cc1cc(OCC(=O)N2CCN(c3ccc([N+](=O)[O-])c(N4CCCCC4)c3)CC2)ccc1Cl. The van der Waals surface area contributed by atoms with Crippen LogP contribution in [0.1, 0.15) is 24.8 Å². The number of amides is 1. The summed E-state index contributed by atoms with van der Waals surface area (Å²) in [6.07, 6.45) is 3.28. The lowest BCUT2D eigenvalue weighted by Crippen LogP contribution is -2.50. The minimum atomic E-state index is -0.299. The van der Waals surface area contributed by atoms with E-state index in [1.807, 2.05) is 25.1 Å². The molecule has 2 aliphatic heterocycles. The van der Waals surface area contributed by atoms with Crippen molar-refractivity contribution < 1.29 is 14.5 Å². The van der Waals surface area contributed by atoms with Crippen molar-refractivity contribution in [3.05, 3.63) is 57.1 Å². The van der Waals surface area contributed by atoms with Gasteiger partial charge in [-0.15, -0.1) is 0 Å². The van der Waals surface area contributed by atoms with Gasteiger partial charge in [-0.1, -0.05) is 11.6 Å². The molecule has 2 aliphatic rings. The lowest BCUT2D eigenvalue weighted by molar-refractivity contribution is -0.384. The van der Waals surface area contributed by atoms with Crippen molar-refractivity contribution in [2.75, 3.05) is 55.7 Å². The summed E-state index contributed by atoms with van der Waals surface area (Å²) in [5.74, 6) is 0.569. The molecule has 0 N–H and O–H groups in total. The fraction of sp³-hybridized carbons (Fsp3) is 0.458. The Kier molecular flexibility index (Phi) is 7.23. The van der Waals surface area contributed by atoms with Gasteiger partial charge in [0, 0.05) is 56.0 Å². The van der Waals surface area contributed by atoms with Crippen LogP contribution in [0, 0.1) is 17.0 Å².